The third-order valence-electron chi connectivity index (χ3n) is 5.85. The summed E-state index contributed by atoms with van der Waals surface area (Å²) in [7, 11) is 2.02. The number of halogens is 4. The van der Waals surface area contributed by atoms with Crippen LogP contribution in [-0.4, -0.2) is 51.7 Å². The van der Waals surface area contributed by atoms with E-state index in [0.717, 1.165) is 19.2 Å². The van der Waals surface area contributed by atoms with E-state index in [-0.39, 0.29) is 34.6 Å². The van der Waals surface area contributed by atoms with Crippen LogP contribution < -0.4 is 4.90 Å². The van der Waals surface area contributed by atoms with Gasteiger partial charge in [-0.3, -0.25) is 4.90 Å². The number of rotatable bonds is 3. The molecule has 4 rings (SSSR count). The molecule has 0 unspecified atom stereocenters. The first-order valence-electron chi connectivity index (χ1n) is 9.86. The van der Waals surface area contributed by atoms with Crippen molar-refractivity contribution in [2.45, 2.75) is 38.5 Å². The first-order valence-corrected chi connectivity index (χ1v) is 9.86. The second-order valence-electron chi connectivity index (χ2n) is 7.79. The summed E-state index contributed by atoms with van der Waals surface area (Å²) in [4.78, 5) is 12.6. The van der Waals surface area contributed by atoms with Gasteiger partial charge in [0.25, 0.3) is 0 Å². The van der Waals surface area contributed by atoms with Crippen molar-refractivity contribution < 1.29 is 17.6 Å². The summed E-state index contributed by atoms with van der Waals surface area (Å²) < 4.78 is 57.1. The molecule has 5 nitrogen and oxygen atoms in total. The Morgan fingerprint density at radius 3 is 2.60 bits per heavy atom. The summed E-state index contributed by atoms with van der Waals surface area (Å²) in [6, 6.07) is 5.64. The first kappa shape index (κ1) is 20.6. The van der Waals surface area contributed by atoms with Crippen LogP contribution in [0.3, 0.4) is 0 Å². The topological polar surface area (TPSA) is 37.2 Å². The minimum absolute atomic E-state index is 0.0305. The minimum Gasteiger partial charge on any atom is -0.350 e. The van der Waals surface area contributed by atoms with E-state index in [1.54, 1.807) is 6.07 Å². The van der Waals surface area contributed by atoms with Gasteiger partial charge < -0.3 is 9.47 Å². The van der Waals surface area contributed by atoms with Gasteiger partial charge in [0.15, 0.2) is 5.65 Å². The zero-order valence-corrected chi connectivity index (χ0v) is 17.0. The SMILES string of the molecule is CC[C@H]1CN(C)[C@H](C)CN1c1ncnc2c1c(C(F)(F)F)cn2-c1cccc(F)c1. The number of likely N-dealkylation sites (N-methyl/N-ethyl adjacent to an activating group) is 1. The maximum Gasteiger partial charge on any atom is 0.418 e. The molecular formula is C21H23F4N5. The molecule has 0 spiro atoms. The lowest BCUT2D eigenvalue weighted by atomic mass is 10.0. The third-order valence-corrected chi connectivity index (χ3v) is 5.85. The molecule has 1 fully saturated rings. The number of hydrogen-bond acceptors (Lipinski definition) is 4. The van der Waals surface area contributed by atoms with Gasteiger partial charge in [0.1, 0.15) is 18.0 Å². The molecule has 0 N–H and O–H groups in total. The number of aromatic nitrogens is 3. The standard InChI is InChI=1S/C21H23F4N5/c1-4-15-10-28(3)13(2)9-29(15)19-18-17(21(23,24)25)11-30(20(18)27-12-26-19)16-7-5-6-14(22)8-16/h5-8,11-13,15H,4,9-10H2,1-3H3/t13-,15+/m1/s1. The molecule has 0 bridgehead atoms. The molecule has 0 saturated carbocycles. The highest BCUT2D eigenvalue weighted by atomic mass is 19.4. The molecule has 2 atom stereocenters. The number of nitrogens with zero attached hydrogens (tertiary/aromatic N) is 5. The normalized spacial score (nSPS) is 20.8. The summed E-state index contributed by atoms with van der Waals surface area (Å²) in [5, 5.41) is -0.0514. The molecule has 1 saturated heterocycles. The lowest BCUT2D eigenvalue weighted by Crippen LogP contribution is -2.56. The average Bonchev–Trinajstić information content (AvgIpc) is 3.10. The van der Waals surface area contributed by atoms with Crippen LogP contribution in [-0.2, 0) is 6.18 Å². The Kier molecular flexibility index (Phi) is 5.17. The molecule has 160 valence electrons. The van der Waals surface area contributed by atoms with Crippen molar-refractivity contribution in [2.24, 2.45) is 0 Å². The Hall–Kier alpha value is -2.68. The predicted molar refractivity (Wildman–Crippen MR) is 107 cm³/mol. The van der Waals surface area contributed by atoms with Crippen molar-refractivity contribution in [1.82, 2.24) is 19.4 Å². The van der Waals surface area contributed by atoms with Gasteiger partial charge in [0.05, 0.1) is 10.9 Å². The van der Waals surface area contributed by atoms with Crippen molar-refractivity contribution in [1.29, 1.82) is 0 Å². The predicted octanol–water partition coefficient (Wildman–Crippen LogP) is 4.50. The monoisotopic (exact) mass is 421 g/mol. The number of benzene rings is 1. The molecule has 1 aliphatic rings. The number of fused-ring (bicyclic) bond motifs is 1. The van der Waals surface area contributed by atoms with Gasteiger partial charge in [-0.25, -0.2) is 14.4 Å². The molecule has 0 radical (unpaired) electrons. The molecule has 3 aromatic rings. The second kappa shape index (κ2) is 7.54. The van der Waals surface area contributed by atoms with E-state index in [1.165, 1.54) is 29.1 Å². The van der Waals surface area contributed by atoms with E-state index >= 15 is 0 Å². The Labute approximate surface area is 171 Å². The molecule has 0 amide bonds. The van der Waals surface area contributed by atoms with Gasteiger partial charge in [-0.15, -0.1) is 0 Å². The fraction of sp³-hybridized carbons (Fsp3) is 0.429. The minimum atomic E-state index is -4.60. The van der Waals surface area contributed by atoms with Crippen LogP contribution >= 0.6 is 0 Å². The van der Waals surface area contributed by atoms with Crippen LogP contribution in [0.15, 0.2) is 36.8 Å². The van der Waals surface area contributed by atoms with Gasteiger partial charge in [0.2, 0.25) is 0 Å². The smallest absolute Gasteiger partial charge is 0.350 e. The number of hydrogen-bond donors (Lipinski definition) is 0. The third kappa shape index (κ3) is 3.51. The maximum absolute atomic E-state index is 14.0. The second-order valence-corrected chi connectivity index (χ2v) is 7.79. The zero-order valence-electron chi connectivity index (χ0n) is 17.0. The van der Waals surface area contributed by atoms with Gasteiger partial charge in [-0.05, 0) is 38.6 Å². The van der Waals surface area contributed by atoms with Gasteiger partial charge in [-0.1, -0.05) is 13.0 Å². The van der Waals surface area contributed by atoms with E-state index < -0.39 is 17.6 Å². The highest BCUT2D eigenvalue weighted by Crippen LogP contribution is 2.41. The highest BCUT2D eigenvalue weighted by Gasteiger charge is 2.39. The van der Waals surface area contributed by atoms with Crippen molar-refractivity contribution in [2.75, 3.05) is 25.0 Å². The van der Waals surface area contributed by atoms with Crippen LogP contribution in [0.4, 0.5) is 23.4 Å². The number of alkyl halides is 3. The molecule has 1 aliphatic heterocycles. The fourth-order valence-electron chi connectivity index (χ4n) is 4.09. The van der Waals surface area contributed by atoms with E-state index in [2.05, 4.69) is 14.9 Å². The van der Waals surface area contributed by atoms with Gasteiger partial charge >= 0.3 is 6.18 Å². The summed E-state index contributed by atoms with van der Waals surface area (Å²) in [5.74, 6) is -0.259. The van der Waals surface area contributed by atoms with E-state index in [9.17, 15) is 17.6 Å². The van der Waals surface area contributed by atoms with Crippen molar-refractivity contribution >= 4 is 16.9 Å². The summed E-state index contributed by atoms with van der Waals surface area (Å²) in [6.07, 6.45) is -1.56. The molecule has 30 heavy (non-hydrogen) atoms. The lowest BCUT2D eigenvalue weighted by molar-refractivity contribution is -0.136. The Morgan fingerprint density at radius 1 is 1.17 bits per heavy atom. The molecular weight excluding hydrogens is 398 g/mol. The van der Waals surface area contributed by atoms with Gasteiger partial charge in [-0.2, -0.15) is 13.2 Å². The van der Waals surface area contributed by atoms with Crippen LogP contribution in [0.5, 0.6) is 0 Å². The fourth-order valence-corrected chi connectivity index (χ4v) is 4.09. The van der Waals surface area contributed by atoms with Crippen LogP contribution in [0, 0.1) is 5.82 Å². The molecule has 2 aromatic heterocycles. The van der Waals surface area contributed by atoms with E-state index in [1.807, 2.05) is 25.8 Å². The Balaban J connectivity index is 1.96. The molecule has 3 heterocycles. The molecule has 1 aromatic carbocycles. The zero-order chi connectivity index (χ0) is 21.6. The van der Waals surface area contributed by atoms with Crippen LogP contribution in [0.2, 0.25) is 0 Å². The van der Waals surface area contributed by atoms with Gasteiger partial charge in [0, 0.05) is 37.1 Å². The first-order chi connectivity index (χ1) is 14.2. The van der Waals surface area contributed by atoms with E-state index in [4.69, 9.17) is 0 Å². The summed E-state index contributed by atoms with van der Waals surface area (Å²) >= 11 is 0. The molecule has 9 heteroatoms. The Morgan fingerprint density at radius 2 is 1.93 bits per heavy atom. The largest absolute Gasteiger partial charge is 0.418 e. The van der Waals surface area contributed by atoms with Crippen molar-refractivity contribution in [3.05, 3.63) is 48.2 Å². The van der Waals surface area contributed by atoms with Crippen LogP contribution in [0.1, 0.15) is 25.8 Å². The lowest BCUT2D eigenvalue weighted by Gasteiger charge is -2.44. The quantitative estimate of drug-likeness (QED) is 0.584. The highest BCUT2D eigenvalue weighted by molar-refractivity contribution is 5.93. The van der Waals surface area contributed by atoms with Crippen molar-refractivity contribution in [3.63, 3.8) is 0 Å². The molecule has 0 aliphatic carbocycles. The maximum atomic E-state index is 14.0. The number of anilines is 1. The van der Waals surface area contributed by atoms with E-state index in [0.29, 0.717) is 6.54 Å². The van der Waals surface area contributed by atoms with Crippen molar-refractivity contribution in [3.8, 4) is 5.69 Å². The summed E-state index contributed by atoms with van der Waals surface area (Å²) in [5.41, 5.74) is -0.433. The average molecular weight is 421 g/mol. The Bertz CT molecular complexity index is 1060. The summed E-state index contributed by atoms with van der Waals surface area (Å²) in [6.45, 7) is 5.35. The number of piperazine rings is 1. The van der Waals surface area contributed by atoms with Crippen LogP contribution in [0.25, 0.3) is 16.7 Å².